The van der Waals surface area contributed by atoms with Gasteiger partial charge in [0.25, 0.3) is 0 Å². The van der Waals surface area contributed by atoms with E-state index >= 15 is 0 Å². The number of hydrogen-bond donors (Lipinski definition) is 1. The van der Waals surface area contributed by atoms with Crippen LogP contribution in [0, 0.1) is 5.82 Å². The quantitative estimate of drug-likeness (QED) is 0.880. The van der Waals surface area contributed by atoms with Crippen LogP contribution in [-0.2, 0) is 11.4 Å². The average Bonchev–Trinajstić information content (AvgIpc) is 2.62. The molecule has 5 heteroatoms. The number of nitrogens with one attached hydrogen (secondary N) is 1. The number of halogens is 1. The number of piperidine rings is 1. The molecule has 0 amide bonds. The van der Waals surface area contributed by atoms with Crippen LogP contribution in [0.5, 0.6) is 0 Å². The lowest BCUT2D eigenvalue weighted by molar-refractivity contribution is -0.181. The fourth-order valence-corrected chi connectivity index (χ4v) is 3.01. The van der Waals surface area contributed by atoms with Crippen molar-refractivity contribution in [2.75, 3.05) is 13.1 Å². The summed E-state index contributed by atoms with van der Waals surface area (Å²) in [6.07, 6.45) is 4.99. The summed E-state index contributed by atoms with van der Waals surface area (Å²) in [7, 11) is 0. The summed E-state index contributed by atoms with van der Waals surface area (Å²) in [4.78, 5) is 9.79. The second-order valence-electron chi connectivity index (χ2n) is 6.29. The van der Waals surface area contributed by atoms with Gasteiger partial charge in [0, 0.05) is 31.4 Å². The third-order valence-electron chi connectivity index (χ3n) is 4.42. The summed E-state index contributed by atoms with van der Waals surface area (Å²) in [5, 5.41) is 5.61. The number of hydroxylamine groups is 2. The summed E-state index contributed by atoms with van der Waals surface area (Å²) in [5.74, 6) is -0.287. The summed E-state index contributed by atoms with van der Waals surface area (Å²) >= 11 is 0. The topological polar surface area (TPSA) is 37.4 Å². The van der Waals surface area contributed by atoms with E-state index in [-0.39, 0.29) is 11.9 Å². The molecule has 1 aliphatic rings. The van der Waals surface area contributed by atoms with Gasteiger partial charge in [0.2, 0.25) is 0 Å². The maximum atomic E-state index is 13.3. The van der Waals surface area contributed by atoms with Gasteiger partial charge in [-0.05, 0) is 37.0 Å². The molecule has 128 valence electrons. The van der Waals surface area contributed by atoms with E-state index in [1.165, 1.54) is 11.8 Å². The maximum Gasteiger partial charge on any atom is 0.141 e. The summed E-state index contributed by atoms with van der Waals surface area (Å²) < 4.78 is 13.3. The van der Waals surface area contributed by atoms with Gasteiger partial charge >= 0.3 is 0 Å². The Morgan fingerprint density at radius 3 is 2.71 bits per heavy atom. The van der Waals surface area contributed by atoms with Crippen molar-refractivity contribution >= 4 is 0 Å². The Morgan fingerprint density at radius 1 is 1.25 bits per heavy atom. The lowest BCUT2D eigenvalue weighted by atomic mass is 10.0. The second kappa shape index (κ2) is 8.33. The van der Waals surface area contributed by atoms with Crippen LogP contribution in [0.2, 0.25) is 0 Å². The lowest BCUT2D eigenvalue weighted by Crippen LogP contribution is -2.43. The Kier molecular flexibility index (Phi) is 5.91. The molecular formula is C19H24FN3O. The van der Waals surface area contributed by atoms with Gasteiger partial charge in [0.1, 0.15) is 5.82 Å². The Bertz CT molecular complexity index is 630. The number of rotatable bonds is 6. The molecule has 2 aromatic rings. The molecule has 0 bridgehead atoms. The largest absolute Gasteiger partial charge is 0.307 e. The highest BCUT2D eigenvalue weighted by Crippen LogP contribution is 2.18. The molecule has 1 fully saturated rings. The zero-order valence-electron chi connectivity index (χ0n) is 14.0. The Hall–Kier alpha value is -1.82. The minimum absolute atomic E-state index is 0.0926. The van der Waals surface area contributed by atoms with Gasteiger partial charge in [-0.3, -0.25) is 9.82 Å². The van der Waals surface area contributed by atoms with E-state index in [0.717, 1.165) is 31.5 Å². The van der Waals surface area contributed by atoms with E-state index in [1.54, 1.807) is 12.3 Å². The van der Waals surface area contributed by atoms with Crippen LogP contribution >= 0.6 is 0 Å². The average molecular weight is 329 g/mol. The van der Waals surface area contributed by atoms with Crippen LogP contribution < -0.4 is 5.32 Å². The van der Waals surface area contributed by atoms with Crippen LogP contribution in [0.25, 0.3) is 0 Å². The van der Waals surface area contributed by atoms with E-state index in [9.17, 15) is 4.39 Å². The van der Waals surface area contributed by atoms with Crippen molar-refractivity contribution in [3.63, 3.8) is 0 Å². The summed E-state index contributed by atoms with van der Waals surface area (Å²) in [6, 6.07) is 12.3. The van der Waals surface area contributed by atoms with Crippen LogP contribution in [-0.4, -0.2) is 29.2 Å². The van der Waals surface area contributed by atoms with Gasteiger partial charge in [-0.15, -0.1) is 0 Å². The Labute approximate surface area is 142 Å². The van der Waals surface area contributed by atoms with E-state index < -0.39 is 0 Å². The Balaban J connectivity index is 1.42. The molecule has 0 saturated carbocycles. The number of aromatic nitrogens is 1. The molecule has 2 heterocycles. The fourth-order valence-electron chi connectivity index (χ4n) is 3.01. The van der Waals surface area contributed by atoms with Gasteiger partial charge in [0.15, 0.2) is 0 Å². The highest BCUT2D eigenvalue weighted by Gasteiger charge is 2.21. The van der Waals surface area contributed by atoms with Crippen molar-refractivity contribution in [3.8, 4) is 0 Å². The van der Waals surface area contributed by atoms with E-state index in [1.807, 2.05) is 23.3 Å². The third kappa shape index (κ3) is 4.84. The van der Waals surface area contributed by atoms with Crippen molar-refractivity contribution < 1.29 is 9.23 Å². The fraction of sp³-hybridized carbons (Fsp3) is 0.421. The predicted molar refractivity (Wildman–Crippen MR) is 91.6 cm³/mol. The predicted octanol–water partition coefficient (Wildman–Crippen LogP) is 3.47. The van der Waals surface area contributed by atoms with Gasteiger partial charge < -0.3 is 5.32 Å². The van der Waals surface area contributed by atoms with Crippen molar-refractivity contribution in [2.45, 2.75) is 38.5 Å². The monoisotopic (exact) mass is 329 g/mol. The van der Waals surface area contributed by atoms with E-state index in [0.29, 0.717) is 12.6 Å². The van der Waals surface area contributed by atoms with Crippen LogP contribution in [0.4, 0.5) is 4.39 Å². The summed E-state index contributed by atoms with van der Waals surface area (Å²) in [6.45, 7) is 4.47. The molecule has 0 aliphatic carbocycles. The van der Waals surface area contributed by atoms with Crippen molar-refractivity contribution in [3.05, 3.63) is 65.7 Å². The third-order valence-corrected chi connectivity index (χ3v) is 4.42. The molecule has 1 saturated heterocycles. The molecule has 1 aromatic heterocycles. The normalized spacial score (nSPS) is 17.8. The Morgan fingerprint density at radius 2 is 2.00 bits per heavy atom. The number of pyridine rings is 1. The maximum absolute atomic E-state index is 13.3. The number of hydrogen-bond acceptors (Lipinski definition) is 4. The molecule has 0 radical (unpaired) electrons. The minimum atomic E-state index is -0.287. The van der Waals surface area contributed by atoms with Crippen molar-refractivity contribution in [1.29, 1.82) is 0 Å². The van der Waals surface area contributed by atoms with Gasteiger partial charge in [-0.25, -0.2) is 4.39 Å². The second-order valence-corrected chi connectivity index (χ2v) is 6.29. The summed E-state index contributed by atoms with van der Waals surface area (Å²) in [5.41, 5.74) is 2.07. The minimum Gasteiger partial charge on any atom is -0.307 e. The van der Waals surface area contributed by atoms with Crippen LogP contribution in [0.15, 0.2) is 48.8 Å². The molecule has 1 aromatic carbocycles. The molecule has 0 spiro atoms. The molecule has 3 rings (SSSR count). The first kappa shape index (κ1) is 17.0. The smallest absolute Gasteiger partial charge is 0.141 e. The molecule has 1 aliphatic heterocycles. The standard InChI is InChI=1S/C19H24FN3O/c1-15(17-11-18(20)13-21-12-17)22-19-7-9-23(10-8-19)24-14-16-5-3-2-4-6-16/h2-6,11-13,15,19,22H,7-10,14H2,1H3/t15-/m0/s1. The first-order valence-corrected chi connectivity index (χ1v) is 8.49. The number of nitrogens with zero attached hydrogens (tertiary/aromatic N) is 2. The van der Waals surface area contributed by atoms with Crippen molar-refractivity contribution in [1.82, 2.24) is 15.4 Å². The number of benzene rings is 1. The molecule has 4 nitrogen and oxygen atoms in total. The van der Waals surface area contributed by atoms with Crippen molar-refractivity contribution in [2.24, 2.45) is 0 Å². The van der Waals surface area contributed by atoms with E-state index in [2.05, 4.69) is 29.4 Å². The van der Waals surface area contributed by atoms with Gasteiger partial charge in [0.05, 0.1) is 12.8 Å². The molecule has 0 unspecified atom stereocenters. The van der Waals surface area contributed by atoms with E-state index in [4.69, 9.17) is 4.84 Å². The van der Waals surface area contributed by atoms with Crippen LogP contribution in [0.3, 0.4) is 0 Å². The zero-order chi connectivity index (χ0) is 16.8. The lowest BCUT2D eigenvalue weighted by Gasteiger charge is -2.33. The zero-order valence-corrected chi connectivity index (χ0v) is 14.0. The SMILES string of the molecule is C[C@H](NC1CCN(OCc2ccccc2)CC1)c1cncc(F)c1. The first-order valence-electron chi connectivity index (χ1n) is 8.49. The first-order chi connectivity index (χ1) is 11.7. The highest BCUT2D eigenvalue weighted by atomic mass is 19.1. The highest BCUT2D eigenvalue weighted by molar-refractivity contribution is 5.14. The van der Waals surface area contributed by atoms with Gasteiger partial charge in [-0.1, -0.05) is 30.3 Å². The van der Waals surface area contributed by atoms with Gasteiger partial charge in [-0.2, -0.15) is 5.06 Å². The molecule has 24 heavy (non-hydrogen) atoms. The molecule has 1 N–H and O–H groups in total. The molecule has 1 atom stereocenters. The van der Waals surface area contributed by atoms with Crippen LogP contribution in [0.1, 0.15) is 36.9 Å². The molecular weight excluding hydrogens is 305 g/mol.